The number of rotatable bonds is 5. The summed E-state index contributed by atoms with van der Waals surface area (Å²) in [5.41, 5.74) is 0. The maximum atomic E-state index is 12.8. The van der Waals surface area contributed by atoms with Gasteiger partial charge in [-0.3, -0.25) is 9.47 Å². The SMILES string of the molecule is O=S(=O)(C1CCN(Cc2nccn2C(F)F)CC1)N1CCCC1. The third kappa shape index (κ3) is 3.56. The Balaban J connectivity index is 1.57. The molecule has 0 atom stereocenters. The first kappa shape index (κ1) is 16.8. The van der Waals surface area contributed by atoms with Gasteiger partial charge in [0.05, 0.1) is 11.8 Å². The fourth-order valence-electron chi connectivity index (χ4n) is 3.36. The number of nitrogens with zero attached hydrogens (tertiary/aromatic N) is 4. The lowest BCUT2D eigenvalue weighted by atomic mass is 10.1. The second kappa shape index (κ2) is 6.82. The van der Waals surface area contributed by atoms with Crippen molar-refractivity contribution in [3.8, 4) is 0 Å². The average Bonchev–Trinajstić information content (AvgIpc) is 3.19. The molecule has 0 saturated carbocycles. The monoisotopic (exact) mass is 348 g/mol. The molecule has 2 fully saturated rings. The summed E-state index contributed by atoms with van der Waals surface area (Å²) < 4.78 is 53.2. The van der Waals surface area contributed by atoms with Crippen molar-refractivity contribution in [1.82, 2.24) is 18.8 Å². The van der Waals surface area contributed by atoms with Crippen LogP contribution in [0.15, 0.2) is 12.4 Å². The van der Waals surface area contributed by atoms with Crippen LogP contribution < -0.4 is 0 Å². The van der Waals surface area contributed by atoms with Gasteiger partial charge in [0.1, 0.15) is 5.82 Å². The van der Waals surface area contributed by atoms with Crippen LogP contribution in [0.3, 0.4) is 0 Å². The van der Waals surface area contributed by atoms with E-state index in [2.05, 4.69) is 4.98 Å². The predicted octanol–water partition coefficient (Wildman–Crippen LogP) is 1.67. The van der Waals surface area contributed by atoms with Crippen molar-refractivity contribution in [2.75, 3.05) is 26.2 Å². The van der Waals surface area contributed by atoms with Crippen molar-refractivity contribution in [3.63, 3.8) is 0 Å². The van der Waals surface area contributed by atoms with Gasteiger partial charge in [-0.1, -0.05) is 0 Å². The van der Waals surface area contributed by atoms with E-state index in [4.69, 9.17) is 0 Å². The van der Waals surface area contributed by atoms with Crippen LogP contribution in [0.5, 0.6) is 0 Å². The van der Waals surface area contributed by atoms with Crippen molar-refractivity contribution >= 4 is 10.0 Å². The second-order valence-corrected chi connectivity index (χ2v) is 8.37. The van der Waals surface area contributed by atoms with Gasteiger partial charge in [-0.15, -0.1) is 0 Å². The molecule has 9 heteroatoms. The summed E-state index contributed by atoms with van der Waals surface area (Å²) in [6, 6.07) is 0. The van der Waals surface area contributed by atoms with E-state index in [1.165, 1.54) is 12.4 Å². The number of alkyl halides is 2. The molecule has 0 N–H and O–H groups in total. The minimum absolute atomic E-state index is 0.320. The van der Waals surface area contributed by atoms with Gasteiger partial charge < -0.3 is 0 Å². The summed E-state index contributed by atoms with van der Waals surface area (Å²) in [6.07, 6.45) is 5.61. The van der Waals surface area contributed by atoms with Crippen LogP contribution >= 0.6 is 0 Å². The molecule has 0 aliphatic carbocycles. The molecule has 130 valence electrons. The van der Waals surface area contributed by atoms with Crippen LogP contribution in [0, 0.1) is 0 Å². The van der Waals surface area contributed by atoms with E-state index in [0.29, 0.717) is 51.4 Å². The van der Waals surface area contributed by atoms with E-state index >= 15 is 0 Å². The number of hydrogen-bond donors (Lipinski definition) is 0. The van der Waals surface area contributed by atoms with Crippen molar-refractivity contribution < 1.29 is 17.2 Å². The maximum Gasteiger partial charge on any atom is 0.319 e. The molecule has 3 rings (SSSR count). The molecule has 2 aliphatic rings. The Bertz CT molecular complexity index is 620. The number of sulfonamides is 1. The molecule has 6 nitrogen and oxygen atoms in total. The summed E-state index contributed by atoms with van der Waals surface area (Å²) in [6.45, 7) is 0.179. The summed E-state index contributed by atoms with van der Waals surface area (Å²) in [7, 11) is -3.20. The number of aromatic nitrogens is 2. The predicted molar refractivity (Wildman–Crippen MR) is 81.5 cm³/mol. The highest BCUT2D eigenvalue weighted by molar-refractivity contribution is 7.89. The molecule has 2 aliphatic heterocycles. The van der Waals surface area contributed by atoms with E-state index in [-0.39, 0.29) is 5.25 Å². The van der Waals surface area contributed by atoms with Crippen LogP contribution in [0.2, 0.25) is 0 Å². The Morgan fingerprint density at radius 3 is 2.43 bits per heavy atom. The zero-order chi connectivity index (χ0) is 16.4. The van der Waals surface area contributed by atoms with Crippen LogP contribution in [0.1, 0.15) is 38.1 Å². The molecule has 0 radical (unpaired) electrons. The quantitative estimate of drug-likeness (QED) is 0.812. The molecule has 1 aromatic rings. The summed E-state index contributed by atoms with van der Waals surface area (Å²) >= 11 is 0. The van der Waals surface area contributed by atoms with E-state index in [1.54, 1.807) is 4.31 Å². The number of imidazole rings is 1. The normalized spacial score (nSPS) is 22.2. The summed E-state index contributed by atoms with van der Waals surface area (Å²) in [5.74, 6) is 0.320. The number of likely N-dealkylation sites (tertiary alicyclic amines) is 1. The van der Waals surface area contributed by atoms with E-state index < -0.39 is 16.6 Å². The lowest BCUT2D eigenvalue weighted by molar-refractivity contribution is 0.0632. The molecule has 0 bridgehead atoms. The topological polar surface area (TPSA) is 58.4 Å². The molecule has 3 heterocycles. The highest BCUT2D eigenvalue weighted by atomic mass is 32.2. The largest absolute Gasteiger partial charge is 0.319 e. The first-order chi connectivity index (χ1) is 11.0. The zero-order valence-electron chi connectivity index (χ0n) is 12.9. The zero-order valence-corrected chi connectivity index (χ0v) is 13.8. The Labute approximate surface area is 135 Å². The molecule has 1 aromatic heterocycles. The lowest BCUT2D eigenvalue weighted by Gasteiger charge is -2.33. The first-order valence-corrected chi connectivity index (χ1v) is 9.50. The van der Waals surface area contributed by atoms with E-state index in [0.717, 1.165) is 17.4 Å². The van der Waals surface area contributed by atoms with Gasteiger partial charge in [0.2, 0.25) is 10.0 Å². The number of piperidine rings is 1. The van der Waals surface area contributed by atoms with Gasteiger partial charge in [0, 0.05) is 25.5 Å². The van der Waals surface area contributed by atoms with Crippen LogP contribution in [-0.2, 0) is 16.6 Å². The molecule has 0 unspecified atom stereocenters. The van der Waals surface area contributed by atoms with Gasteiger partial charge in [-0.05, 0) is 38.8 Å². The van der Waals surface area contributed by atoms with E-state index in [9.17, 15) is 17.2 Å². The van der Waals surface area contributed by atoms with Gasteiger partial charge in [0.15, 0.2) is 0 Å². The third-order valence-electron chi connectivity index (χ3n) is 4.70. The van der Waals surface area contributed by atoms with Crippen molar-refractivity contribution in [3.05, 3.63) is 18.2 Å². The number of hydrogen-bond acceptors (Lipinski definition) is 4. The molecule has 2 saturated heterocycles. The Morgan fingerprint density at radius 1 is 1.17 bits per heavy atom. The highest BCUT2D eigenvalue weighted by Crippen LogP contribution is 2.25. The molecule has 0 spiro atoms. The summed E-state index contributed by atoms with van der Waals surface area (Å²) in [5, 5.41) is -0.341. The Kier molecular flexibility index (Phi) is 4.98. The van der Waals surface area contributed by atoms with Gasteiger partial charge in [-0.25, -0.2) is 17.7 Å². The maximum absolute atomic E-state index is 12.8. The molecular weight excluding hydrogens is 326 g/mol. The van der Waals surface area contributed by atoms with Crippen LogP contribution in [-0.4, -0.2) is 58.6 Å². The van der Waals surface area contributed by atoms with Crippen molar-refractivity contribution in [1.29, 1.82) is 0 Å². The van der Waals surface area contributed by atoms with Gasteiger partial charge in [0.25, 0.3) is 0 Å². The molecule has 0 amide bonds. The fraction of sp³-hybridized carbons (Fsp3) is 0.786. The molecular formula is C14H22F2N4O2S. The molecule has 0 aromatic carbocycles. The second-order valence-electron chi connectivity index (χ2n) is 6.16. The first-order valence-electron chi connectivity index (χ1n) is 7.99. The smallest absolute Gasteiger partial charge is 0.296 e. The average molecular weight is 348 g/mol. The summed E-state index contributed by atoms with van der Waals surface area (Å²) in [4.78, 5) is 5.97. The molecule has 23 heavy (non-hydrogen) atoms. The van der Waals surface area contributed by atoms with Gasteiger partial charge in [-0.2, -0.15) is 8.78 Å². The van der Waals surface area contributed by atoms with E-state index in [1.807, 2.05) is 4.90 Å². The minimum Gasteiger partial charge on any atom is -0.296 e. The standard InChI is InChI=1S/C14H22F2N4O2S/c15-14(16)20-10-5-17-13(20)11-18-8-3-12(4-9-18)23(21,22)19-6-1-2-7-19/h5,10,12,14H,1-4,6-9,11H2. The highest BCUT2D eigenvalue weighted by Gasteiger charge is 2.36. The third-order valence-corrected chi connectivity index (χ3v) is 7.10. The van der Waals surface area contributed by atoms with Crippen molar-refractivity contribution in [2.24, 2.45) is 0 Å². The fourth-order valence-corrected chi connectivity index (χ4v) is 5.36. The van der Waals surface area contributed by atoms with Crippen LogP contribution in [0.4, 0.5) is 8.78 Å². The lowest BCUT2D eigenvalue weighted by Crippen LogP contribution is -2.44. The Morgan fingerprint density at radius 2 is 1.83 bits per heavy atom. The Hall–Kier alpha value is -1.06. The van der Waals surface area contributed by atoms with Crippen LogP contribution in [0.25, 0.3) is 0 Å². The van der Waals surface area contributed by atoms with Gasteiger partial charge >= 0.3 is 6.55 Å². The van der Waals surface area contributed by atoms with Crippen molar-refractivity contribution in [2.45, 2.75) is 44.0 Å². The number of halogens is 2. The minimum atomic E-state index is -3.20.